The van der Waals surface area contributed by atoms with Gasteiger partial charge in [0.1, 0.15) is 12.4 Å². The number of aliphatic carboxylic acids is 1. The zero-order valence-electron chi connectivity index (χ0n) is 18.6. The quantitative estimate of drug-likeness (QED) is 0.566. The number of aromatic nitrogens is 2. The minimum absolute atomic E-state index is 0.125. The Hall–Kier alpha value is -3.25. The summed E-state index contributed by atoms with van der Waals surface area (Å²) in [5, 5.41) is 8.98. The fourth-order valence-corrected chi connectivity index (χ4v) is 4.16. The second kappa shape index (κ2) is 9.92. The average Bonchev–Trinajstić information content (AvgIpc) is 2.78. The van der Waals surface area contributed by atoms with E-state index >= 15 is 0 Å². The van der Waals surface area contributed by atoms with E-state index in [0.29, 0.717) is 6.61 Å². The van der Waals surface area contributed by atoms with Crippen LogP contribution in [0.5, 0.6) is 5.75 Å². The lowest BCUT2D eigenvalue weighted by atomic mass is 10.0. The molecule has 6 heteroatoms. The van der Waals surface area contributed by atoms with Crippen LogP contribution in [0.1, 0.15) is 35.7 Å². The van der Waals surface area contributed by atoms with Gasteiger partial charge in [0.25, 0.3) is 0 Å². The van der Waals surface area contributed by atoms with Gasteiger partial charge in [-0.15, -0.1) is 0 Å². The highest BCUT2D eigenvalue weighted by Crippen LogP contribution is 2.27. The molecular formula is C26H29N3O3. The minimum atomic E-state index is -0.741. The second-order valence-electron chi connectivity index (χ2n) is 8.61. The highest BCUT2D eigenvalue weighted by atomic mass is 16.5. The van der Waals surface area contributed by atoms with Crippen molar-refractivity contribution in [3.63, 3.8) is 0 Å². The molecule has 2 heterocycles. The van der Waals surface area contributed by atoms with Crippen LogP contribution in [0.2, 0.25) is 0 Å². The van der Waals surface area contributed by atoms with Crippen molar-refractivity contribution in [3.05, 3.63) is 77.1 Å². The fourth-order valence-electron chi connectivity index (χ4n) is 4.16. The smallest absolute Gasteiger partial charge is 0.303 e. The van der Waals surface area contributed by atoms with E-state index in [0.717, 1.165) is 65.6 Å². The minimum Gasteiger partial charge on any atom is -0.489 e. The summed E-state index contributed by atoms with van der Waals surface area (Å²) in [5.74, 6) is 0.977. The summed E-state index contributed by atoms with van der Waals surface area (Å²) in [7, 11) is 0. The van der Waals surface area contributed by atoms with Crippen LogP contribution >= 0.6 is 0 Å². The molecule has 1 atom stereocenters. The van der Waals surface area contributed by atoms with Gasteiger partial charge >= 0.3 is 5.97 Å². The van der Waals surface area contributed by atoms with Crippen molar-refractivity contribution in [2.24, 2.45) is 5.92 Å². The third-order valence-electron chi connectivity index (χ3n) is 5.78. The Labute approximate surface area is 188 Å². The number of ether oxygens (including phenoxy) is 1. The van der Waals surface area contributed by atoms with Crippen LogP contribution in [-0.4, -0.2) is 39.0 Å². The van der Waals surface area contributed by atoms with Gasteiger partial charge in [-0.3, -0.25) is 9.69 Å². The third kappa shape index (κ3) is 5.51. The first-order valence-corrected chi connectivity index (χ1v) is 11.0. The van der Waals surface area contributed by atoms with Crippen LogP contribution in [0.25, 0.3) is 11.4 Å². The molecule has 3 aromatic rings. The van der Waals surface area contributed by atoms with E-state index < -0.39 is 5.97 Å². The number of carbonyl (C=O) groups is 1. The Morgan fingerprint density at radius 2 is 2.03 bits per heavy atom. The summed E-state index contributed by atoms with van der Waals surface area (Å²) in [6.45, 7) is 7.00. The van der Waals surface area contributed by atoms with E-state index in [1.54, 1.807) is 0 Å². The van der Waals surface area contributed by atoms with Gasteiger partial charge in [-0.25, -0.2) is 9.97 Å². The second-order valence-corrected chi connectivity index (χ2v) is 8.61. The molecule has 0 saturated heterocycles. The van der Waals surface area contributed by atoms with Gasteiger partial charge in [0.15, 0.2) is 5.82 Å². The summed E-state index contributed by atoms with van der Waals surface area (Å²) in [6, 6.07) is 16.2. The van der Waals surface area contributed by atoms with Crippen molar-refractivity contribution in [1.29, 1.82) is 0 Å². The van der Waals surface area contributed by atoms with Crippen LogP contribution < -0.4 is 4.74 Å². The van der Waals surface area contributed by atoms with Crippen LogP contribution in [-0.2, 0) is 24.4 Å². The van der Waals surface area contributed by atoms with E-state index in [-0.39, 0.29) is 12.3 Å². The zero-order chi connectivity index (χ0) is 22.5. The van der Waals surface area contributed by atoms with E-state index in [1.807, 2.05) is 50.4 Å². The number of fused-ring (bicyclic) bond motifs is 1. The molecule has 1 aromatic heterocycles. The van der Waals surface area contributed by atoms with Crippen LogP contribution in [0, 0.1) is 12.8 Å². The van der Waals surface area contributed by atoms with Gasteiger partial charge in [0.2, 0.25) is 0 Å². The molecule has 1 aliphatic heterocycles. The molecule has 0 aliphatic carbocycles. The summed E-state index contributed by atoms with van der Waals surface area (Å²) >= 11 is 0. The molecule has 0 saturated carbocycles. The lowest BCUT2D eigenvalue weighted by Crippen LogP contribution is -2.35. The standard InChI is InChI=1S/C26H29N3O3/c1-18(12-25(30)31)15-29-11-10-23-22(16-29)14-27-26(28-23)21-8-9-24(19(2)13-21)32-17-20-6-4-3-5-7-20/h3-9,13-14,18H,10-12,15-17H2,1-2H3,(H,30,31)/t18-/m1/s1. The van der Waals surface area contributed by atoms with Crippen LogP contribution in [0.15, 0.2) is 54.7 Å². The fraction of sp³-hybridized carbons (Fsp3) is 0.346. The predicted octanol–water partition coefficient (Wildman–Crippen LogP) is 4.50. The molecule has 6 nitrogen and oxygen atoms in total. The summed E-state index contributed by atoms with van der Waals surface area (Å²) < 4.78 is 5.99. The third-order valence-corrected chi connectivity index (χ3v) is 5.78. The lowest BCUT2D eigenvalue weighted by Gasteiger charge is -2.29. The van der Waals surface area contributed by atoms with Gasteiger partial charge in [-0.2, -0.15) is 0 Å². The van der Waals surface area contributed by atoms with Crippen molar-refractivity contribution in [1.82, 2.24) is 14.9 Å². The summed E-state index contributed by atoms with van der Waals surface area (Å²) in [6.07, 6.45) is 2.96. The maximum absolute atomic E-state index is 10.9. The number of hydrogen-bond acceptors (Lipinski definition) is 5. The monoisotopic (exact) mass is 431 g/mol. The predicted molar refractivity (Wildman–Crippen MR) is 123 cm³/mol. The Morgan fingerprint density at radius 3 is 2.78 bits per heavy atom. The number of carboxylic acid groups (broad SMARTS) is 1. The number of hydrogen-bond donors (Lipinski definition) is 1. The van der Waals surface area contributed by atoms with Gasteiger partial charge < -0.3 is 9.84 Å². The first-order chi connectivity index (χ1) is 15.5. The molecule has 32 heavy (non-hydrogen) atoms. The number of nitrogens with zero attached hydrogens (tertiary/aromatic N) is 3. The van der Waals surface area contributed by atoms with E-state index in [4.69, 9.17) is 14.8 Å². The zero-order valence-corrected chi connectivity index (χ0v) is 18.6. The summed E-state index contributed by atoms with van der Waals surface area (Å²) in [5.41, 5.74) is 5.38. The molecule has 0 fully saturated rings. The first kappa shape index (κ1) is 22.0. The lowest BCUT2D eigenvalue weighted by molar-refractivity contribution is -0.138. The Balaban J connectivity index is 1.42. The van der Waals surface area contributed by atoms with E-state index in [1.165, 1.54) is 0 Å². The van der Waals surface area contributed by atoms with Crippen molar-refractivity contribution >= 4 is 5.97 Å². The first-order valence-electron chi connectivity index (χ1n) is 11.0. The molecule has 0 amide bonds. The number of aryl methyl sites for hydroxylation is 1. The van der Waals surface area contributed by atoms with Crippen molar-refractivity contribution in [2.75, 3.05) is 13.1 Å². The maximum Gasteiger partial charge on any atom is 0.303 e. The van der Waals surface area contributed by atoms with Gasteiger partial charge in [0, 0.05) is 49.8 Å². The van der Waals surface area contributed by atoms with Crippen molar-refractivity contribution < 1.29 is 14.6 Å². The van der Waals surface area contributed by atoms with Gasteiger partial charge in [0.05, 0.1) is 5.69 Å². The number of rotatable bonds is 8. The molecule has 0 spiro atoms. The summed E-state index contributed by atoms with van der Waals surface area (Å²) in [4.78, 5) is 22.7. The largest absolute Gasteiger partial charge is 0.489 e. The van der Waals surface area contributed by atoms with Crippen LogP contribution in [0.4, 0.5) is 0 Å². The highest BCUT2D eigenvalue weighted by Gasteiger charge is 2.21. The maximum atomic E-state index is 10.9. The SMILES string of the molecule is Cc1cc(-c2ncc3c(n2)CCN(C[C@H](C)CC(=O)O)C3)ccc1OCc1ccccc1. The number of benzene rings is 2. The molecule has 0 radical (unpaired) electrons. The van der Waals surface area contributed by atoms with Gasteiger partial charge in [-0.1, -0.05) is 37.3 Å². The topological polar surface area (TPSA) is 75.6 Å². The van der Waals surface area contributed by atoms with E-state index in [2.05, 4.69) is 28.1 Å². The molecule has 4 rings (SSSR count). The van der Waals surface area contributed by atoms with E-state index in [9.17, 15) is 4.79 Å². The van der Waals surface area contributed by atoms with Crippen molar-refractivity contribution in [3.8, 4) is 17.1 Å². The molecule has 166 valence electrons. The molecule has 1 aliphatic rings. The molecule has 0 bridgehead atoms. The van der Waals surface area contributed by atoms with Crippen LogP contribution in [0.3, 0.4) is 0 Å². The Bertz CT molecular complexity index is 1080. The normalized spacial score (nSPS) is 14.6. The van der Waals surface area contributed by atoms with Crippen molar-refractivity contribution in [2.45, 2.75) is 39.8 Å². The number of carboxylic acids is 1. The Morgan fingerprint density at radius 1 is 1.22 bits per heavy atom. The molecule has 1 N–H and O–H groups in total. The highest BCUT2D eigenvalue weighted by molar-refractivity contribution is 5.67. The molecule has 2 aromatic carbocycles. The van der Waals surface area contributed by atoms with Gasteiger partial charge in [-0.05, 0) is 42.2 Å². The molecule has 0 unspecified atom stereocenters. The molecular weight excluding hydrogens is 402 g/mol. The average molecular weight is 432 g/mol. The Kier molecular flexibility index (Phi) is 6.81.